The van der Waals surface area contributed by atoms with Gasteiger partial charge >= 0.3 is 0 Å². The zero-order valence-electron chi connectivity index (χ0n) is 14.2. The minimum Gasteiger partial charge on any atom is -0.488 e. The molecule has 0 atom stereocenters. The van der Waals surface area contributed by atoms with E-state index in [1.807, 2.05) is 6.92 Å². The molecule has 0 aliphatic heterocycles. The predicted octanol–water partition coefficient (Wildman–Crippen LogP) is 2.90. The topological polar surface area (TPSA) is 56.3 Å². The van der Waals surface area contributed by atoms with Gasteiger partial charge in [-0.1, -0.05) is 13.8 Å². The molecular formula is C16H29N3O2. The molecule has 0 radical (unpaired) electrons. The van der Waals surface area contributed by atoms with Crippen molar-refractivity contribution in [2.45, 2.75) is 59.5 Å². The van der Waals surface area contributed by atoms with Crippen LogP contribution in [0.25, 0.3) is 0 Å². The summed E-state index contributed by atoms with van der Waals surface area (Å²) in [6.07, 6.45) is 1.77. The zero-order chi connectivity index (χ0) is 15.9. The van der Waals surface area contributed by atoms with E-state index in [0.29, 0.717) is 32.3 Å². The lowest BCUT2D eigenvalue weighted by atomic mass is 10.1. The summed E-state index contributed by atoms with van der Waals surface area (Å²) in [7, 11) is 0. The van der Waals surface area contributed by atoms with Crippen LogP contribution in [0.1, 0.15) is 59.0 Å². The second kappa shape index (κ2) is 8.29. The Hall–Kier alpha value is -1.20. The smallest absolute Gasteiger partial charge is 0.160 e. The van der Waals surface area contributed by atoms with Gasteiger partial charge in [0.05, 0.1) is 18.5 Å². The second-order valence-electron chi connectivity index (χ2n) is 6.34. The van der Waals surface area contributed by atoms with Gasteiger partial charge < -0.3 is 14.8 Å². The second-order valence-corrected chi connectivity index (χ2v) is 6.34. The van der Waals surface area contributed by atoms with E-state index in [1.54, 1.807) is 6.20 Å². The van der Waals surface area contributed by atoms with Gasteiger partial charge in [-0.3, -0.25) is 0 Å². The van der Waals surface area contributed by atoms with Gasteiger partial charge in [-0.05, 0) is 27.7 Å². The maximum Gasteiger partial charge on any atom is 0.160 e. The number of ether oxygens (including phenoxy) is 2. The Kier molecular flexibility index (Phi) is 7.05. The molecule has 120 valence electrons. The molecule has 0 amide bonds. The molecule has 0 fully saturated rings. The highest BCUT2D eigenvalue weighted by Crippen LogP contribution is 2.19. The molecule has 0 unspecified atom stereocenters. The average Bonchev–Trinajstić information content (AvgIpc) is 2.41. The van der Waals surface area contributed by atoms with E-state index in [-0.39, 0.29) is 5.54 Å². The summed E-state index contributed by atoms with van der Waals surface area (Å²) in [5.74, 6) is 1.88. The summed E-state index contributed by atoms with van der Waals surface area (Å²) in [6, 6.07) is 0. The summed E-state index contributed by atoms with van der Waals surface area (Å²) in [6.45, 7) is 15.0. The largest absolute Gasteiger partial charge is 0.488 e. The Morgan fingerprint density at radius 1 is 1.24 bits per heavy atom. The fourth-order valence-corrected chi connectivity index (χ4v) is 1.65. The number of nitrogens with one attached hydrogen (secondary N) is 1. The van der Waals surface area contributed by atoms with Crippen molar-refractivity contribution in [2.24, 2.45) is 0 Å². The summed E-state index contributed by atoms with van der Waals surface area (Å²) in [5, 5.41) is 3.44. The molecule has 1 heterocycles. The summed E-state index contributed by atoms with van der Waals surface area (Å²) < 4.78 is 11.0. The third kappa shape index (κ3) is 6.87. The number of nitrogens with zero attached hydrogens (tertiary/aromatic N) is 2. The molecule has 5 heteroatoms. The Balaban J connectivity index is 2.79. The van der Waals surface area contributed by atoms with Crippen molar-refractivity contribution in [3.8, 4) is 5.75 Å². The zero-order valence-corrected chi connectivity index (χ0v) is 14.2. The van der Waals surface area contributed by atoms with Crippen LogP contribution in [0.15, 0.2) is 6.20 Å². The van der Waals surface area contributed by atoms with E-state index in [4.69, 9.17) is 9.47 Å². The number of hydrogen-bond acceptors (Lipinski definition) is 5. The normalized spacial score (nSPS) is 12.0. The van der Waals surface area contributed by atoms with Crippen LogP contribution in [0.2, 0.25) is 0 Å². The van der Waals surface area contributed by atoms with Crippen LogP contribution in [0, 0.1) is 0 Å². The van der Waals surface area contributed by atoms with Gasteiger partial charge in [-0.25, -0.2) is 9.97 Å². The van der Waals surface area contributed by atoms with Crippen LogP contribution in [0.5, 0.6) is 5.75 Å². The van der Waals surface area contributed by atoms with E-state index in [2.05, 4.69) is 49.9 Å². The fourth-order valence-electron chi connectivity index (χ4n) is 1.65. The first-order valence-corrected chi connectivity index (χ1v) is 7.65. The van der Waals surface area contributed by atoms with Crippen molar-refractivity contribution >= 4 is 0 Å². The predicted molar refractivity (Wildman–Crippen MR) is 84.7 cm³/mol. The van der Waals surface area contributed by atoms with Crippen molar-refractivity contribution in [1.82, 2.24) is 15.3 Å². The molecule has 0 saturated carbocycles. The Morgan fingerprint density at radius 3 is 2.52 bits per heavy atom. The molecule has 0 saturated heterocycles. The standard InChI is InChI=1S/C16H29N3O2/c1-7-20-8-9-21-14-11-17-15(12(2)3)19-13(14)10-18-16(4,5)6/h11-12,18H,7-10H2,1-6H3. The molecular weight excluding hydrogens is 266 g/mol. The minimum absolute atomic E-state index is 0.0333. The molecule has 0 spiro atoms. The summed E-state index contributed by atoms with van der Waals surface area (Å²) in [4.78, 5) is 9.01. The molecule has 0 aliphatic rings. The lowest BCUT2D eigenvalue weighted by molar-refractivity contribution is 0.109. The Labute approximate surface area is 128 Å². The molecule has 1 rings (SSSR count). The lowest BCUT2D eigenvalue weighted by Crippen LogP contribution is -2.35. The number of rotatable bonds is 8. The maximum atomic E-state index is 5.75. The molecule has 21 heavy (non-hydrogen) atoms. The van der Waals surface area contributed by atoms with Crippen LogP contribution in [0.4, 0.5) is 0 Å². The third-order valence-electron chi connectivity index (χ3n) is 2.84. The van der Waals surface area contributed by atoms with Crippen molar-refractivity contribution in [3.05, 3.63) is 17.7 Å². The van der Waals surface area contributed by atoms with Crippen LogP contribution < -0.4 is 10.1 Å². The fraction of sp³-hybridized carbons (Fsp3) is 0.750. The van der Waals surface area contributed by atoms with Gasteiger partial charge in [0.25, 0.3) is 0 Å². The Morgan fingerprint density at radius 2 is 1.95 bits per heavy atom. The molecule has 1 aromatic heterocycles. The number of aromatic nitrogens is 2. The van der Waals surface area contributed by atoms with Gasteiger partial charge in [0.1, 0.15) is 12.4 Å². The first-order valence-electron chi connectivity index (χ1n) is 7.65. The Bertz CT molecular complexity index is 428. The monoisotopic (exact) mass is 295 g/mol. The highest BCUT2D eigenvalue weighted by atomic mass is 16.5. The molecule has 0 bridgehead atoms. The van der Waals surface area contributed by atoms with Crippen LogP contribution in [-0.4, -0.2) is 35.3 Å². The van der Waals surface area contributed by atoms with Crippen LogP contribution >= 0.6 is 0 Å². The summed E-state index contributed by atoms with van der Waals surface area (Å²) in [5.41, 5.74) is 0.936. The van der Waals surface area contributed by atoms with Gasteiger partial charge in [-0.2, -0.15) is 0 Å². The van der Waals surface area contributed by atoms with E-state index in [1.165, 1.54) is 0 Å². The minimum atomic E-state index is 0.0333. The van der Waals surface area contributed by atoms with Crippen LogP contribution in [0.3, 0.4) is 0 Å². The molecule has 5 nitrogen and oxygen atoms in total. The molecule has 1 N–H and O–H groups in total. The van der Waals surface area contributed by atoms with Crippen LogP contribution in [-0.2, 0) is 11.3 Å². The van der Waals surface area contributed by atoms with Gasteiger partial charge in [0.15, 0.2) is 5.75 Å². The van der Waals surface area contributed by atoms with E-state index in [9.17, 15) is 0 Å². The maximum absolute atomic E-state index is 5.75. The SMILES string of the molecule is CCOCCOc1cnc(C(C)C)nc1CNC(C)(C)C. The summed E-state index contributed by atoms with van der Waals surface area (Å²) >= 11 is 0. The lowest BCUT2D eigenvalue weighted by Gasteiger charge is -2.21. The molecule has 0 aliphatic carbocycles. The molecule has 0 aromatic carbocycles. The highest BCUT2D eigenvalue weighted by molar-refractivity contribution is 5.25. The third-order valence-corrected chi connectivity index (χ3v) is 2.84. The van der Waals surface area contributed by atoms with E-state index in [0.717, 1.165) is 17.3 Å². The van der Waals surface area contributed by atoms with Gasteiger partial charge in [0, 0.05) is 24.6 Å². The van der Waals surface area contributed by atoms with Crippen molar-refractivity contribution in [2.75, 3.05) is 19.8 Å². The van der Waals surface area contributed by atoms with E-state index < -0.39 is 0 Å². The van der Waals surface area contributed by atoms with Crippen molar-refractivity contribution in [3.63, 3.8) is 0 Å². The van der Waals surface area contributed by atoms with E-state index >= 15 is 0 Å². The average molecular weight is 295 g/mol. The highest BCUT2D eigenvalue weighted by Gasteiger charge is 2.14. The first-order chi connectivity index (χ1) is 9.83. The van der Waals surface area contributed by atoms with Crippen molar-refractivity contribution in [1.29, 1.82) is 0 Å². The first kappa shape index (κ1) is 17.9. The molecule has 1 aromatic rings. The quantitative estimate of drug-likeness (QED) is 0.747. The van der Waals surface area contributed by atoms with Gasteiger partial charge in [-0.15, -0.1) is 0 Å². The van der Waals surface area contributed by atoms with Gasteiger partial charge in [0.2, 0.25) is 0 Å². The number of hydrogen-bond donors (Lipinski definition) is 1. The van der Waals surface area contributed by atoms with Crippen molar-refractivity contribution < 1.29 is 9.47 Å².